The van der Waals surface area contributed by atoms with Crippen LogP contribution in [0.3, 0.4) is 0 Å². The summed E-state index contributed by atoms with van der Waals surface area (Å²) < 4.78 is 12.2. The molecule has 1 spiro atoms. The van der Waals surface area contributed by atoms with Crippen LogP contribution >= 0.6 is 0 Å². The zero-order valence-electron chi connectivity index (χ0n) is 14.7. The fourth-order valence-corrected chi connectivity index (χ4v) is 4.61. The second-order valence-corrected chi connectivity index (χ2v) is 13.0. The Kier molecular flexibility index (Phi) is 4.74. The van der Waals surface area contributed by atoms with Gasteiger partial charge in [-0.3, -0.25) is 4.79 Å². The first kappa shape index (κ1) is 17.5. The first-order valence-corrected chi connectivity index (χ1v) is 11.2. The summed E-state index contributed by atoms with van der Waals surface area (Å²) in [6.45, 7) is 15.4. The molecule has 0 bridgehead atoms. The highest BCUT2D eigenvalue weighted by Gasteiger charge is 2.51. The van der Waals surface area contributed by atoms with E-state index in [2.05, 4.69) is 46.5 Å². The molecule has 4 heteroatoms. The minimum atomic E-state index is -1.83. The van der Waals surface area contributed by atoms with E-state index in [9.17, 15) is 4.79 Å². The topological polar surface area (TPSA) is 35.5 Å². The van der Waals surface area contributed by atoms with Gasteiger partial charge in [-0.25, -0.2) is 0 Å². The van der Waals surface area contributed by atoms with Gasteiger partial charge in [0.05, 0.1) is 6.10 Å². The summed E-state index contributed by atoms with van der Waals surface area (Å²) >= 11 is 0. The Balaban J connectivity index is 2.19. The molecule has 0 unspecified atom stereocenters. The minimum absolute atomic E-state index is 0.118. The van der Waals surface area contributed by atoms with E-state index in [1.807, 2.05) is 0 Å². The number of hydrogen-bond acceptors (Lipinski definition) is 3. The number of ether oxygens (including phenoxy) is 1. The van der Waals surface area contributed by atoms with Crippen LogP contribution in [0.25, 0.3) is 0 Å². The normalized spacial score (nSPS) is 29.0. The molecule has 0 radical (unpaired) electrons. The summed E-state index contributed by atoms with van der Waals surface area (Å²) in [5.74, 6) is 0.637. The minimum Gasteiger partial charge on any atom is -0.486 e. The summed E-state index contributed by atoms with van der Waals surface area (Å²) in [6, 6.07) is 0. The third-order valence-electron chi connectivity index (χ3n) is 5.53. The maximum Gasteiger partial charge on any atom is 0.198 e. The Hall–Kier alpha value is -0.873. The standard InChI is InChI=1S/C18H30O3Si/c1-7-11-20-15-13-18(12-14(15)19)10-8-9-16(18)21-22(5,6)17(2,3)4/h7,13,16H,1,8-12H2,2-6H3/t16-,18+/m1/s1. The highest BCUT2D eigenvalue weighted by molar-refractivity contribution is 6.74. The Morgan fingerprint density at radius 1 is 1.45 bits per heavy atom. The summed E-state index contributed by atoms with van der Waals surface area (Å²) in [6.07, 6.45) is 7.63. The molecule has 0 saturated heterocycles. The van der Waals surface area contributed by atoms with Crippen molar-refractivity contribution in [2.24, 2.45) is 5.41 Å². The van der Waals surface area contributed by atoms with Gasteiger partial charge in [-0.1, -0.05) is 33.4 Å². The van der Waals surface area contributed by atoms with Crippen molar-refractivity contribution in [1.82, 2.24) is 0 Å². The summed E-state index contributed by atoms with van der Waals surface area (Å²) in [4.78, 5) is 12.3. The number of Topliss-reactive ketones (excluding diaryl/α,β-unsaturated/α-hetero) is 1. The smallest absolute Gasteiger partial charge is 0.198 e. The van der Waals surface area contributed by atoms with Gasteiger partial charge in [0.15, 0.2) is 19.9 Å². The number of carbonyl (C=O) groups is 1. The molecule has 2 atom stereocenters. The van der Waals surface area contributed by atoms with Gasteiger partial charge >= 0.3 is 0 Å². The molecule has 22 heavy (non-hydrogen) atoms. The highest BCUT2D eigenvalue weighted by atomic mass is 28.4. The highest BCUT2D eigenvalue weighted by Crippen LogP contribution is 2.51. The average Bonchev–Trinajstić information content (AvgIpc) is 2.90. The van der Waals surface area contributed by atoms with Gasteiger partial charge in [-0.2, -0.15) is 0 Å². The van der Waals surface area contributed by atoms with Crippen LogP contribution in [0.2, 0.25) is 18.1 Å². The Bertz CT molecular complexity index is 487. The van der Waals surface area contributed by atoms with Gasteiger partial charge in [0.1, 0.15) is 6.61 Å². The molecule has 1 fully saturated rings. The van der Waals surface area contributed by atoms with Gasteiger partial charge < -0.3 is 9.16 Å². The quantitative estimate of drug-likeness (QED) is 0.548. The number of carbonyl (C=O) groups excluding carboxylic acids is 1. The van der Waals surface area contributed by atoms with Crippen molar-refractivity contribution in [2.75, 3.05) is 6.61 Å². The van der Waals surface area contributed by atoms with Gasteiger partial charge in [0.25, 0.3) is 0 Å². The first-order valence-electron chi connectivity index (χ1n) is 8.29. The Morgan fingerprint density at radius 3 is 2.73 bits per heavy atom. The lowest BCUT2D eigenvalue weighted by molar-refractivity contribution is -0.119. The summed E-state index contributed by atoms with van der Waals surface area (Å²) in [7, 11) is -1.83. The van der Waals surface area contributed by atoms with E-state index in [0.29, 0.717) is 18.8 Å². The van der Waals surface area contributed by atoms with Crippen LogP contribution in [0.5, 0.6) is 0 Å². The van der Waals surface area contributed by atoms with Gasteiger partial charge in [0.2, 0.25) is 0 Å². The molecular formula is C18H30O3Si. The van der Waals surface area contributed by atoms with E-state index in [0.717, 1.165) is 19.3 Å². The lowest BCUT2D eigenvalue weighted by Gasteiger charge is -2.42. The fraction of sp³-hybridized carbons (Fsp3) is 0.722. The van der Waals surface area contributed by atoms with E-state index >= 15 is 0 Å². The fourth-order valence-electron chi connectivity index (χ4n) is 3.19. The van der Waals surface area contributed by atoms with E-state index < -0.39 is 8.32 Å². The van der Waals surface area contributed by atoms with Crippen LogP contribution in [0.15, 0.2) is 24.5 Å². The lowest BCUT2D eigenvalue weighted by atomic mass is 9.84. The zero-order chi connectivity index (χ0) is 16.6. The molecule has 0 amide bonds. The van der Waals surface area contributed by atoms with E-state index in [4.69, 9.17) is 9.16 Å². The van der Waals surface area contributed by atoms with E-state index in [1.165, 1.54) is 0 Å². The lowest BCUT2D eigenvalue weighted by Crippen LogP contribution is -2.47. The average molecular weight is 323 g/mol. The summed E-state index contributed by atoms with van der Waals surface area (Å²) in [5, 5.41) is 0.186. The number of ketones is 1. The van der Waals surface area contributed by atoms with E-state index in [1.54, 1.807) is 6.08 Å². The molecule has 0 aromatic heterocycles. The molecule has 0 aliphatic heterocycles. The third-order valence-corrected chi connectivity index (χ3v) is 10.0. The molecule has 3 nitrogen and oxygen atoms in total. The molecule has 0 aromatic rings. The van der Waals surface area contributed by atoms with Crippen LogP contribution in [-0.4, -0.2) is 26.8 Å². The van der Waals surface area contributed by atoms with Crippen molar-refractivity contribution in [2.45, 2.75) is 70.7 Å². The Labute approximate surface area is 135 Å². The second-order valence-electron chi connectivity index (χ2n) is 8.20. The van der Waals surface area contributed by atoms with Crippen LogP contribution in [0, 0.1) is 5.41 Å². The molecular weight excluding hydrogens is 292 g/mol. The number of rotatable bonds is 5. The van der Waals surface area contributed by atoms with Crippen molar-refractivity contribution in [3.05, 3.63) is 24.5 Å². The van der Waals surface area contributed by atoms with Crippen molar-refractivity contribution in [3.63, 3.8) is 0 Å². The van der Waals surface area contributed by atoms with Gasteiger partial charge in [0, 0.05) is 11.8 Å². The molecule has 124 valence electrons. The maximum absolute atomic E-state index is 12.3. The molecule has 0 heterocycles. The zero-order valence-corrected chi connectivity index (χ0v) is 15.7. The molecule has 2 aliphatic rings. The van der Waals surface area contributed by atoms with Crippen LogP contribution in [0.4, 0.5) is 0 Å². The maximum atomic E-state index is 12.3. The molecule has 2 rings (SSSR count). The van der Waals surface area contributed by atoms with Crippen molar-refractivity contribution >= 4 is 14.1 Å². The predicted octanol–water partition coefficient (Wildman–Crippen LogP) is 4.61. The van der Waals surface area contributed by atoms with Gasteiger partial charge in [-0.15, -0.1) is 0 Å². The predicted molar refractivity (Wildman–Crippen MR) is 92.2 cm³/mol. The third kappa shape index (κ3) is 3.23. The first-order chi connectivity index (χ1) is 10.1. The SMILES string of the molecule is C=CCOC1=C[C@]2(CCC[C@H]2O[Si](C)(C)C(C)(C)C)CC1=O. The molecule has 2 aliphatic carbocycles. The summed E-state index contributed by atoms with van der Waals surface area (Å²) in [5.41, 5.74) is -0.136. The second kappa shape index (κ2) is 5.97. The number of hydrogen-bond donors (Lipinski definition) is 0. The Morgan fingerprint density at radius 2 is 2.14 bits per heavy atom. The monoisotopic (exact) mass is 322 g/mol. The van der Waals surface area contributed by atoms with Crippen molar-refractivity contribution < 1.29 is 14.0 Å². The van der Waals surface area contributed by atoms with Crippen LogP contribution in [-0.2, 0) is 14.0 Å². The van der Waals surface area contributed by atoms with Crippen LogP contribution in [0.1, 0.15) is 46.5 Å². The van der Waals surface area contributed by atoms with Crippen molar-refractivity contribution in [1.29, 1.82) is 0 Å². The van der Waals surface area contributed by atoms with Crippen molar-refractivity contribution in [3.8, 4) is 0 Å². The van der Waals surface area contributed by atoms with Gasteiger partial charge in [-0.05, 0) is 43.5 Å². The molecule has 0 aromatic carbocycles. The molecule has 1 saturated carbocycles. The van der Waals surface area contributed by atoms with E-state index in [-0.39, 0.29) is 22.3 Å². The molecule has 0 N–H and O–H groups in total. The van der Waals surface area contributed by atoms with Crippen LogP contribution < -0.4 is 0 Å². The largest absolute Gasteiger partial charge is 0.486 e. The number of allylic oxidation sites excluding steroid dienone is 1.